The maximum Gasteiger partial charge on any atom is 0.226 e. The van der Waals surface area contributed by atoms with E-state index in [0.29, 0.717) is 11.9 Å². The van der Waals surface area contributed by atoms with Crippen molar-refractivity contribution in [1.82, 2.24) is 19.8 Å². The van der Waals surface area contributed by atoms with Crippen LogP contribution in [-0.4, -0.2) is 57.7 Å². The Bertz CT molecular complexity index is 1590. The molecular formula is C31H33Cl2N5O. The van der Waals surface area contributed by atoms with Crippen LogP contribution in [0.25, 0.3) is 33.2 Å². The summed E-state index contributed by atoms with van der Waals surface area (Å²) in [6.45, 7) is 9.66. The molecule has 0 atom stereocenters. The van der Waals surface area contributed by atoms with Crippen molar-refractivity contribution in [3.63, 3.8) is 0 Å². The summed E-state index contributed by atoms with van der Waals surface area (Å²) in [6.07, 6.45) is 9.04. The minimum Gasteiger partial charge on any atom is -0.440 e. The summed E-state index contributed by atoms with van der Waals surface area (Å²) in [7, 11) is 0. The third kappa shape index (κ3) is 4.98. The van der Waals surface area contributed by atoms with Gasteiger partial charge in [-0.15, -0.1) is 24.8 Å². The van der Waals surface area contributed by atoms with Crippen LogP contribution in [0.3, 0.4) is 0 Å². The van der Waals surface area contributed by atoms with Crippen LogP contribution >= 0.6 is 24.8 Å². The Kier molecular flexibility index (Phi) is 7.83. The number of fused-ring (bicyclic) bond motifs is 4. The molecule has 0 saturated carbocycles. The Morgan fingerprint density at radius 3 is 2.67 bits per heavy atom. The van der Waals surface area contributed by atoms with Gasteiger partial charge in [0.15, 0.2) is 0 Å². The number of allylic oxidation sites excluding steroid dienone is 4. The fourth-order valence-electron chi connectivity index (χ4n) is 5.86. The van der Waals surface area contributed by atoms with Crippen LogP contribution in [0, 0.1) is 0 Å². The number of hydrogen-bond acceptors (Lipinski definition) is 5. The lowest BCUT2D eigenvalue weighted by molar-refractivity contribution is 0.0990. The number of aromatic amines is 1. The summed E-state index contributed by atoms with van der Waals surface area (Å²) < 4.78 is 6.35. The fraction of sp³-hybridized carbons (Fsp3) is 0.290. The van der Waals surface area contributed by atoms with Gasteiger partial charge in [-0.1, -0.05) is 30.4 Å². The zero-order valence-electron chi connectivity index (χ0n) is 22.2. The minimum absolute atomic E-state index is 0. The average Bonchev–Trinajstić information content (AvgIpc) is 3.66. The largest absolute Gasteiger partial charge is 0.440 e. The third-order valence-electron chi connectivity index (χ3n) is 7.88. The molecule has 2 aromatic carbocycles. The van der Waals surface area contributed by atoms with Gasteiger partial charge in [-0.2, -0.15) is 0 Å². The van der Waals surface area contributed by atoms with Crippen molar-refractivity contribution in [2.24, 2.45) is 4.99 Å². The molecule has 0 radical (unpaired) electrons. The van der Waals surface area contributed by atoms with Crippen molar-refractivity contribution < 1.29 is 4.42 Å². The molecule has 202 valence electrons. The van der Waals surface area contributed by atoms with E-state index >= 15 is 0 Å². The first kappa shape index (κ1) is 27.4. The van der Waals surface area contributed by atoms with Crippen molar-refractivity contribution in [2.75, 3.05) is 26.2 Å². The number of aliphatic imine (C=N–C) groups is 1. The molecule has 0 amide bonds. The highest BCUT2D eigenvalue weighted by Crippen LogP contribution is 2.44. The van der Waals surface area contributed by atoms with Crippen LogP contribution in [0.5, 0.6) is 0 Å². The number of halogens is 2. The number of H-pyrrole nitrogens is 1. The standard InChI is InChI=1S/C31H31N5O.2ClH/c1-20(2)36-15-13-35(14-16-36)19-22-18-33-31(37-22)25-6-4-8-29-30(25)26-17-21(9-10-28(26)34-29)23-5-3-7-27-24(23)11-12-32-27;;/h3-7,9-12,17-18,20,32H,8,13-16,19H2,1-2H3;2*1H. The molecule has 2 aliphatic heterocycles. The Balaban J connectivity index is 0.00000154. The topological polar surface area (TPSA) is 60.7 Å². The molecule has 8 heteroatoms. The van der Waals surface area contributed by atoms with Crippen molar-refractivity contribution in [3.8, 4) is 11.1 Å². The second-order valence-corrected chi connectivity index (χ2v) is 10.5. The van der Waals surface area contributed by atoms with E-state index in [9.17, 15) is 0 Å². The van der Waals surface area contributed by atoms with Gasteiger partial charge in [0.25, 0.3) is 0 Å². The van der Waals surface area contributed by atoms with E-state index in [1.165, 1.54) is 16.5 Å². The first-order chi connectivity index (χ1) is 18.1. The number of rotatable bonds is 5. The van der Waals surface area contributed by atoms with E-state index < -0.39 is 0 Å². The van der Waals surface area contributed by atoms with Crippen LogP contribution < -0.4 is 0 Å². The van der Waals surface area contributed by atoms with Crippen LogP contribution in [0.1, 0.15) is 37.5 Å². The lowest BCUT2D eigenvalue weighted by atomic mass is 9.89. The van der Waals surface area contributed by atoms with E-state index in [1.54, 1.807) is 0 Å². The van der Waals surface area contributed by atoms with Crippen molar-refractivity contribution in [2.45, 2.75) is 32.9 Å². The molecule has 1 aliphatic carbocycles. The van der Waals surface area contributed by atoms with Crippen LogP contribution in [-0.2, 0) is 6.54 Å². The van der Waals surface area contributed by atoms with Gasteiger partial charge in [0.2, 0.25) is 5.89 Å². The molecule has 4 heterocycles. The van der Waals surface area contributed by atoms with Gasteiger partial charge in [0.1, 0.15) is 5.76 Å². The van der Waals surface area contributed by atoms with Crippen LogP contribution in [0.2, 0.25) is 0 Å². The molecule has 2 aromatic heterocycles. The highest BCUT2D eigenvalue weighted by Gasteiger charge is 2.28. The van der Waals surface area contributed by atoms with E-state index in [4.69, 9.17) is 14.4 Å². The SMILES string of the molecule is CC(C)N1CCN(Cc2cnc(C3=C4C(=Nc5ccc(-c6cccc7[nH]ccc67)cc54)CC=C3)o2)CC1.Cl.Cl. The molecule has 1 N–H and O–H groups in total. The quantitative estimate of drug-likeness (QED) is 0.281. The Labute approximate surface area is 241 Å². The zero-order valence-corrected chi connectivity index (χ0v) is 23.8. The monoisotopic (exact) mass is 561 g/mol. The summed E-state index contributed by atoms with van der Waals surface area (Å²) in [5.41, 5.74) is 9.00. The van der Waals surface area contributed by atoms with Crippen molar-refractivity contribution in [1.29, 1.82) is 0 Å². The Morgan fingerprint density at radius 1 is 1.00 bits per heavy atom. The Hall–Kier alpha value is -3.16. The second kappa shape index (κ2) is 11.1. The summed E-state index contributed by atoms with van der Waals surface area (Å²) in [5.74, 6) is 1.60. The normalized spacial score (nSPS) is 17.2. The molecule has 3 aliphatic rings. The number of benzene rings is 2. The minimum atomic E-state index is 0. The molecular weight excluding hydrogens is 529 g/mol. The maximum atomic E-state index is 6.35. The molecule has 7 rings (SSSR count). The van der Waals surface area contributed by atoms with Gasteiger partial charge in [0, 0.05) is 72.5 Å². The Morgan fingerprint density at radius 2 is 1.85 bits per heavy atom. The van der Waals surface area contributed by atoms with Gasteiger partial charge < -0.3 is 9.40 Å². The predicted octanol–water partition coefficient (Wildman–Crippen LogP) is 7.15. The molecule has 1 fully saturated rings. The number of nitrogens with one attached hydrogen (secondary N) is 1. The van der Waals surface area contributed by atoms with Crippen LogP contribution in [0.4, 0.5) is 5.69 Å². The first-order valence-electron chi connectivity index (χ1n) is 13.3. The number of aromatic nitrogens is 2. The molecule has 0 spiro atoms. The van der Waals surface area contributed by atoms with Gasteiger partial charge in [0.05, 0.1) is 24.1 Å². The molecule has 1 saturated heterocycles. The lowest BCUT2D eigenvalue weighted by Crippen LogP contribution is -2.48. The second-order valence-electron chi connectivity index (χ2n) is 10.5. The lowest BCUT2D eigenvalue weighted by Gasteiger charge is -2.36. The molecule has 0 unspecified atom stereocenters. The van der Waals surface area contributed by atoms with Crippen molar-refractivity contribution in [3.05, 3.63) is 84.2 Å². The van der Waals surface area contributed by atoms with E-state index in [2.05, 4.69) is 83.2 Å². The molecule has 0 bridgehead atoms. The summed E-state index contributed by atoms with van der Waals surface area (Å²) in [4.78, 5) is 18.0. The number of nitrogens with zero attached hydrogens (tertiary/aromatic N) is 4. The van der Waals surface area contributed by atoms with E-state index in [-0.39, 0.29) is 24.8 Å². The van der Waals surface area contributed by atoms with Gasteiger partial charge in [-0.05, 0) is 49.2 Å². The summed E-state index contributed by atoms with van der Waals surface area (Å²) >= 11 is 0. The van der Waals surface area contributed by atoms with Gasteiger partial charge in [-0.3, -0.25) is 14.8 Å². The highest BCUT2D eigenvalue weighted by molar-refractivity contribution is 6.36. The number of oxazole rings is 1. The average molecular weight is 563 g/mol. The molecule has 4 aromatic rings. The van der Waals surface area contributed by atoms with E-state index in [1.807, 2.05) is 12.4 Å². The van der Waals surface area contributed by atoms with E-state index in [0.717, 1.165) is 78.5 Å². The molecule has 39 heavy (non-hydrogen) atoms. The number of hydrogen-bond donors (Lipinski definition) is 1. The van der Waals surface area contributed by atoms with Crippen molar-refractivity contribution >= 4 is 58.3 Å². The van der Waals surface area contributed by atoms with Crippen LogP contribution in [0.15, 0.2) is 76.4 Å². The smallest absolute Gasteiger partial charge is 0.226 e. The molecule has 6 nitrogen and oxygen atoms in total. The highest BCUT2D eigenvalue weighted by atomic mass is 35.5. The fourth-order valence-corrected chi connectivity index (χ4v) is 5.86. The number of piperazine rings is 1. The zero-order chi connectivity index (χ0) is 24.9. The summed E-state index contributed by atoms with van der Waals surface area (Å²) in [6, 6.07) is 15.8. The maximum absolute atomic E-state index is 6.35. The van der Waals surface area contributed by atoms with Gasteiger partial charge >= 0.3 is 0 Å². The first-order valence-corrected chi connectivity index (χ1v) is 13.3. The predicted molar refractivity (Wildman–Crippen MR) is 164 cm³/mol. The van der Waals surface area contributed by atoms with Gasteiger partial charge in [-0.25, -0.2) is 4.98 Å². The summed E-state index contributed by atoms with van der Waals surface area (Å²) in [5, 5.41) is 1.23. The third-order valence-corrected chi connectivity index (χ3v) is 7.88.